The predicted molar refractivity (Wildman–Crippen MR) is 109 cm³/mol. The molecule has 1 atom stereocenters. The number of anilines is 1. The van der Waals surface area contributed by atoms with E-state index in [4.69, 9.17) is 5.11 Å². The van der Waals surface area contributed by atoms with Crippen LogP contribution >= 0.6 is 0 Å². The summed E-state index contributed by atoms with van der Waals surface area (Å²) in [6.45, 7) is 11.5. The quantitative estimate of drug-likeness (QED) is 0.595. The van der Waals surface area contributed by atoms with Gasteiger partial charge in [0.15, 0.2) is 0 Å². The first kappa shape index (κ1) is 21.8. The summed E-state index contributed by atoms with van der Waals surface area (Å²) in [5.41, 5.74) is 0.570. The van der Waals surface area contributed by atoms with Crippen molar-refractivity contribution in [2.75, 3.05) is 5.32 Å². The smallest absolute Gasteiger partial charge is 0.134 e. The van der Waals surface area contributed by atoms with Crippen molar-refractivity contribution < 1.29 is 5.11 Å². The minimum absolute atomic E-state index is 0.210. The highest BCUT2D eigenvalue weighted by Gasteiger charge is 2.25. The van der Waals surface area contributed by atoms with Gasteiger partial charge >= 0.3 is 0 Å². The molecule has 3 nitrogen and oxygen atoms in total. The van der Waals surface area contributed by atoms with Gasteiger partial charge in [0.05, 0.1) is 6.20 Å². The molecular formula is C22H40N2O. The Kier molecular flexibility index (Phi) is 9.92. The van der Waals surface area contributed by atoms with E-state index in [0.717, 1.165) is 18.2 Å². The lowest BCUT2D eigenvalue weighted by Gasteiger charge is -2.33. The molecule has 0 aliphatic heterocycles. The van der Waals surface area contributed by atoms with Crippen LogP contribution in [0.2, 0.25) is 0 Å². The fourth-order valence-electron chi connectivity index (χ4n) is 3.48. The molecule has 1 heterocycles. The molecule has 1 saturated carbocycles. The molecule has 1 unspecified atom stereocenters. The van der Waals surface area contributed by atoms with Gasteiger partial charge in [-0.1, -0.05) is 66.7 Å². The average Bonchev–Trinajstić information content (AvgIpc) is 2.61. The third-order valence-corrected chi connectivity index (χ3v) is 5.33. The van der Waals surface area contributed by atoms with Gasteiger partial charge in [0.2, 0.25) is 0 Å². The van der Waals surface area contributed by atoms with Crippen LogP contribution in [0.5, 0.6) is 5.75 Å². The van der Waals surface area contributed by atoms with E-state index in [1.54, 1.807) is 6.07 Å². The van der Waals surface area contributed by atoms with Gasteiger partial charge < -0.3 is 10.4 Å². The zero-order valence-electron chi connectivity index (χ0n) is 17.1. The predicted octanol–water partition coefficient (Wildman–Crippen LogP) is 6.78. The Hall–Kier alpha value is -1.25. The SMILES string of the molecule is CC(C)(C)C1CCCCC1.CCCCC(CC)Nc1ccc(O)cn1. The molecule has 1 aromatic rings. The summed E-state index contributed by atoms with van der Waals surface area (Å²) in [4.78, 5) is 4.11. The van der Waals surface area contributed by atoms with E-state index >= 15 is 0 Å². The van der Waals surface area contributed by atoms with Gasteiger partial charge in [-0.3, -0.25) is 0 Å². The zero-order valence-corrected chi connectivity index (χ0v) is 17.1. The average molecular weight is 349 g/mol. The molecule has 0 saturated heterocycles. The molecule has 0 radical (unpaired) electrons. The van der Waals surface area contributed by atoms with Gasteiger partial charge in [-0.25, -0.2) is 4.98 Å². The van der Waals surface area contributed by atoms with Gasteiger partial charge in [0, 0.05) is 6.04 Å². The highest BCUT2D eigenvalue weighted by atomic mass is 16.3. The van der Waals surface area contributed by atoms with Gasteiger partial charge in [-0.05, 0) is 49.1 Å². The molecule has 1 aliphatic rings. The monoisotopic (exact) mass is 348 g/mol. The summed E-state index contributed by atoms with van der Waals surface area (Å²) in [7, 11) is 0. The first-order valence-corrected chi connectivity index (χ1v) is 10.3. The highest BCUT2D eigenvalue weighted by Crippen LogP contribution is 2.37. The molecule has 25 heavy (non-hydrogen) atoms. The summed E-state index contributed by atoms with van der Waals surface area (Å²) < 4.78 is 0. The van der Waals surface area contributed by atoms with Crippen LogP contribution < -0.4 is 5.32 Å². The maximum absolute atomic E-state index is 9.10. The van der Waals surface area contributed by atoms with Crippen LogP contribution in [0.3, 0.4) is 0 Å². The van der Waals surface area contributed by atoms with Crippen molar-refractivity contribution in [3.05, 3.63) is 18.3 Å². The maximum atomic E-state index is 9.10. The molecule has 2 rings (SSSR count). The molecule has 1 fully saturated rings. The third kappa shape index (κ3) is 9.13. The Morgan fingerprint density at radius 3 is 2.28 bits per heavy atom. The van der Waals surface area contributed by atoms with E-state index in [1.807, 2.05) is 6.07 Å². The van der Waals surface area contributed by atoms with Crippen molar-refractivity contribution >= 4 is 5.82 Å². The van der Waals surface area contributed by atoms with E-state index in [-0.39, 0.29) is 5.75 Å². The minimum Gasteiger partial charge on any atom is -0.506 e. The largest absolute Gasteiger partial charge is 0.506 e. The van der Waals surface area contributed by atoms with Crippen LogP contribution in [-0.4, -0.2) is 16.1 Å². The zero-order chi connectivity index (χ0) is 18.7. The van der Waals surface area contributed by atoms with Crippen LogP contribution in [-0.2, 0) is 0 Å². The van der Waals surface area contributed by atoms with Crippen molar-refractivity contribution in [2.45, 2.75) is 98.4 Å². The number of hydrogen-bond donors (Lipinski definition) is 2. The highest BCUT2D eigenvalue weighted by molar-refractivity contribution is 5.37. The topological polar surface area (TPSA) is 45.1 Å². The van der Waals surface area contributed by atoms with Gasteiger partial charge in [0.1, 0.15) is 11.6 Å². The van der Waals surface area contributed by atoms with E-state index < -0.39 is 0 Å². The van der Waals surface area contributed by atoms with E-state index in [1.165, 1.54) is 57.6 Å². The minimum atomic E-state index is 0.210. The number of pyridine rings is 1. The number of nitrogens with one attached hydrogen (secondary N) is 1. The summed E-state index contributed by atoms with van der Waals surface area (Å²) >= 11 is 0. The Morgan fingerprint density at radius 1 is 1.16 bits per heavy atom. The standard InChI is InChI=1S/C12H20N2O.C10H20/c1-3-5-6-10(4-2)14-12-8-7-11(15)9-13-12;1-10(2,3)9-7-5-4-6-8-9/h7-10,15H,3-6H2,1-2H3,(H,13,14);9H,4-8H2,1-3H3. The number of aromatic hydroxyl groups is 1. The number of aromatic nitrogens is 1. The van der Waals surface area contributed by atoms with Crippen LogP contribution in [0, 0.1) is 11.3 Å². The Morgan fingerprint density at radius 2 is 1.84 bits per heavy atom. The molecule has 3 heteroatoms. The Labute approximate surface area is 155 Å². The van der Waals surface area contributed by atoms with Crippen LogP contribution in [0.25, 0.3) is 0 Å². The molecule has 0 spiro atoms. The first-order valence-electron chi connectivity index (χ1n) is 10.3. The van der Waals surface area contributed by atoms with Crippen molar-refractivity contribution in [3.63, 3.8) is 0 Å². The normalized spacial score (nSPS) is 16.7. The molecule has 0 amide bonds. The second-order valence-corrected chi connectivity index (χ2v) is 8.49. The van der Waals surface area contributed by atoms with E-state index in [9.17, 15) is 0 Å². The molecular weight excluding hydrogens is 308 g/mol. The first-order chi connectivity index (χ1) is 11.9. The molecule has 0 aromatic carbocycles. The number of nitrogens with zero attached hydrogens (tertiary/aromatic N) is 1. The number of hydrogen-bond acceptors (Lipinski definition) is 3. The molecule has 0 bridgehead atoms. The summed E-state index contributed by atoms with van der Waals surface area (Å²) in [6, 6.07) is 3.95. The van der Waals surface area contributed by atoms with E-state index in [2.05, 4.69) is 44.9 Å². The fourth-order valence-corrected chi connectivity index (χ4v) is 3.48. The second-order valence-electron chi connectivity index (χ2n) is 8.49. The van der Waals surface area contributed by atoms with Crippen LogP contribution in [0.4, 0.5) is 5.82 Å². The van der Waals surface area contributed by atoms with Crippen molar-refractivity contribution in [1.82, 2.24) is 4.98 Å². The number of rotatable bonds is 6. The number of unbranched alkanes of at least 4 members (excludes halogenated alkanes) is 1. The molecule has 1 aliphatic carbocycles. The lowest BCUT2D eigenvalue weighted by molar-refractivity contribution is 0.180. The molecule has 144 valence electrons. The van der Waals surface area contributed by atoms with Crippen molar-refractivity contribution in [2.24, 2.45) is 11.3 Å². The molecule has 1 aromatic heterocycles. The van der Waals surface area contributed by atoms with Gasteiger partial charge in [-0.2, -0.15) is 0 Å². The Bertz CT molecular complexity index is 444. The fraction of sp³-hybridized carbons (Fsp3) is 0.773. The summed E-state index contributed by atoms with van der Waals surface area (Å²) in [6.07, 6.45) is 13.6. The van der Waals surface area contributed by atoms with Crippen molar-refractivity contribution in [1.29, 1.82) is 0 Å². The van der Waals surface area contributed by atoms with Gasteiger partial charge in [-0.15, -0.1) is 0 Å². The van der Waals surface area contributed by atoms with Crippen LogP contribution in [0.15, 0.2) is 18.3 Å². The Balaban J connectivity index is 0.000000271. The van der Waals surface area contributed by atoms with E-state index in [0.29, 0.717) is 11.5 Å². The third-order valence-electron chi connectivity index (χ3n) is 5.33. The summed E-state index contributed by atoms with van der Waals surface area (Å²) in [5.74, 6) is 2.05. The lowest BCUT2D eigenvalue weighted by atomic mass is 9.72. The van der Waals surface area contributed by atoms with Gasteiger partial charge in [0.25, 0.3) is 0 Å². The van der Waals surface area contributed by atoms with Crippen molar-refractivity contribution in [3.8, 4) is 5.75 Å². The maximum Gasteiger partial charge on any atom is 0.134 e. The second kappa shape index (κ2) is 11.4. The summed E-state index contributed by atoms with van der Waals surface area (Å²) in [5, 5.41) is 12.5. The van der Waals surface area contributed by atoms with Crippen LogP contribution in [0.1, 0.15) is 92.4 Å². The lowest BCUT2D eigenvalue weighted by Crippen LogP contribution is -2.22. The molecule has 2 N–H and O–H groups in total.